The maximum absolute atomic E-state index is 11.3. The minimum Gasteiger partial charge on any atom is -0.478 e. The number of furan rings is 1. The van der Waals surface area contributed by atoms with E-state index in [2.05, 4.69) is 41.2 Å². The van der Waals surface area contributed by atoms with E-state index in [0.717, 1.165) is 35.7 Å². The van der Waals surface area contributed by atoms with Crippen molar-refractivity contribution in [1.82, 2.24) is 10.3 Å². The van der Waals surface area contributed by atoms with Gasteiger partial charge in [-0.05, 0) is 85.1 Å². The van der Waals surface area contributed by atoms with E-state index in [1.54, 1.807) is 30.5 Å². The van der Waals surface area contributed by atoms with Crippen LogP contribution in [0.5, 0.6) is 0 Å². The summed E-state index contributed by atoms with van der Waals surface area (Å²) >= 11 is 12.8. The van der Waals surface area contributed by atoms with Crippen molar-refractivity contribution in [1.29, 1.82) is 0 Å². The van der Waals surface area contributed by atoms with Crippen molar-refractivity contribution < 1.29 is 14.3 Å². The summed E-state index contributed by atoms with van der Waals surface area (Å²) in [6.45, 7) is 6.56. The monoisotopic (exact) mass is 586 g/mol. The molecule has 4 atom stereocenters. The first-order chi connectivity index (χ1) is 19.8. The molecule has 2 aliphatic rings. The molecule has 2 fully saturated rings. The fourth-order valence-electron chi connectivity index (χ4n) is 6.13. The number of thiocarbonyl (C=S) groups is 1. The molecule has 2 aliphatic heterocycles. The number of rotatable bonds is 6. The largest absolute Gasteiger partial charge is 0.478 e. The van der Waals surface area contributed by atoms with E-state index in [1.807, 2.05) is 41.3 Å². The van der Waals surface area contributed by atoms with Crippen LogP contribution in [0.25, 0.3) is 11.3 Å². The Bertz CT molecular complexity index is 1570. The summed E-state index contributed by atoms with van der Waals surface area (Å²) in [5, 5.41) is 14.0. The Morgan fingerprint density at radius 3 is 2.46 bits per heavy atom. The topological polar surface area (TPSA) is 81.8 Å². The number of benzene rings is 2. The second kappa shape index (κ2) is 11.2. The molecular formula is C32H31ClN4O3S. The standard InChI is InChI=1S/C32H31ClN4O3S/c1-19-15-20(2)18-36(17-19)26-11-10-23(16-24(26)33)37-30(29(35-32(37)41)25-5-3-4-14-34-25)28-13-12-27(40-28)21-6-8-22(9-7-21)31(38)39/h3-14,16,19-20,29-30H,15,17-18H2,1-2H3,(H,35,41)(H,38,39). The zero-order valence-electron chi connectivity index (χ0n) is 22.8. The Morgan fingerprint density at radius 1 is 1.05 bits per heavy atom. The Labute approximate surface area is 249 Å². The molecule has 2 aromatic carbocycles. The molecule has 210 valence electrons. The Kier molecular flexibility index (Phi) is 7.45. The van der Waals surface area contributed by atoms with Gasteiger partial charge in [0, 0.05) is 30.5 Å². The van der Waals surface area contributed by atoms with Crippen molar-refractivity contribution in [3.8, 4) is 11.3 Å². The molecule has 0 radical (unpaired) electrons. The van der Waals surface area contributed by atoms with Gasteiger partial charge < -0.3 is 24.6 Å². The van der Waals surface area contributed by atoms with Gasteiger partial charge >= 0.3 is 5.97 Å². The number of carboxylic acids is 1. The van der Waals surface area contributed by atoms with Crippen LogP contribution in [0.1, 0.15) is 54.2 Å². The van der Waals surface area contributed by atoms with E-state index in [4.69, 9.17) is 28.2 Å². The van der Waals surface area contributed by atoms with Gasteiger partial charge in [-0.1, -0.05) is 43.6 Å². The van der Waals surface area contributed by atoms with E-state index in [-0.39, 0.29) is 17.6 Å². The maximum atomic E-state index is 11.3. The smallest absolute Gasteiger partial charge is 0.335 e. The average Bonchev–Trinajstić information content (AvgIpc) is 3.57. The predicted molar refractivity (Wildman–Crippen MR) is 166 cm³/mol. The molecule has 0 bridgehead atoms. The van der Waals surface area contributed by atoms with Crippen LogP contribution in [-0.4, -0.2) is 34.3 Å². The van der Waals surface area contributed by atoms with Gasteiger partial charge in [-0.15, -0.1) is 0 Å². The number of carboxylic acid groups (broad SMARTS) is 1. The zero-order valence-corrected chi connectivity index (χ0v) is 24.4. The van der Waals surface area contributed by atoms with Crippen LogP contribution in [0.15, 0.2) is 83.4 Å². The molecule has 6 rings (SSSR count). The van der Waals surface area contributed by atoms with Crippen LogP contribution in [0.2, 0.25) is 5.02 Å². The number of halogens is 1. The number of hydrogen-bond donors (Lipinski definition) is 2. The number of nitrogens with one attached hydrogen (secondary N) is 1. The molecule has 0 amide bonds. The van der Waals surface area contributed by atoms with Crippen LogP contribution < -0.4 is 15.1 Å². The normalized spacial score (nSPS) is 22.6. The number of aromatic carboxylic acids is 1. The average molecular weight is 587 g/mol. The molecule has 4 heterocycles. The highest BCUT2D eigenvalue weighted by molar-refractivity contribution is 7.80. The van der Waals surface area contributed by atoms with Crippen LogP contribution in [0, 0.1) is 11.8 Å². The molecule has 0 saturated carbocycles. The first-order valence-corrected chi connectivity index (χ1v) is 14.6. The fraction of sp³-hybridized carbons (Fsp3) is 0.281. The first-order valence-electron chi connectivity index (χ1n) is 13.8. The van der Waals surface area contributed by atoms with Crippen LogP contribution in [-0.2, 0) is 0 Å². The molecule has 4 aromatic rings. The van der Waals surface area contributed by atoms with Crippen molar-refractivity contribution in [3.05, 3.63) is 101 Å². The van der Waals surface area contributed by atoms with Crippen molar-refractivity contribution >= 4 is 46.3 Å². The van der Waals surface area contributed by atoms with E-state index in [0.29, 0.717) is 33.5 Å². The summed E-state index contributed by atoms with van der Waals surface area (Å²) in [5.41, 5.74) is 3.75. The van der Waals surface area contributed by atoms with Crippen LogP contribution >= 0.6 is 23.8 Å². The molecule has 2 N–H and O–H groups in total. The number of aromatic nitrogens is 1. The van der Waals surface area contributed by atoms with Crippen molar-refractivity contribution in [3.63, 3.8) is 0 Å². The lowest BCUT2D eigenvalue weighted by Gasteiger charge is -2.37. The molecule has 2 aromatic heterocycles. The van der Waals surface area contributed by atoms with E-state index < -0.39 is 5.97 Å². The zero-order chi connectivity index (χ0) is 28.7. The van der Waals surface area contributed by atoms with Gasteiger partial charge in [-0.2, -0.15) is 0 Å². The minimum atomic E-state index is -0.968. The highest BCUT2D eigenvalue weighted by Gasteiger charge is 2.43. The van der Waals surface area contributed by atoms with Crippen molar-refractivity contribution in [2.24, 2.45) is 11.8 Å². The quantitative estimate of drug-likeness (QED) is 0.227. The summed E-state index contributed by atoms with van der Waals surface area (Å²) in [6.07, 6.45) is 3.00. The summed E-state index contributed by atoms with van der Waals surface area (Å²) in [6, 6.07) is 21.8. The lowest BCUT2D eigenvalue weighted by Crippen LogP contribution is -2.38. The molecule has 41 heavy (non-hydrogen) atoms. The van der Waals surface area contributed by atoms with Crippen LogP contribution in [0.3, 0.4) is 0 Å². The van der Waals surface area contributed by atoms with E-state index in [1.165, 1.54) is 6.42 Å². The predicted octanol–water partition coefficient (Wildman–Crippen LogP) is 7.35. The Morgan fingerprint density at radius 2 is 1.80 bits per heavy atom. The SMILES string of the molecule is CC1CC(C)CN(c2ccc(N3C(=S)NC(c4ccccn4)C3c3ccc(-c4ccc(C(=O)O)cc4)o3)cc2Cl)C1. The third-order valence-electron chi connectivity index (χ3n) is 7.85. The van der Waals surface area contributed by atoms with Crippen molar-refractivity contribution in [2.75, 3.05) is 22.9 Å². The number of piperidine rings is 1. The number of anilines is 2. The third-order valence-corrected chi connectivity index (χ3v) is 8.47. The molecule has 0 spiro atoms. The lowest BCUT2D eigenvalue weighted by molar-refractivity contribution is 0.0697. The molecular weight excluding hydrogens is 556 g/mol. The number of hydrogen-bond acceptors (Lipinski definition) is 5. The van der Waals surface area contributed by atoms with Crippen LogP contribution in [0.4, 0.5) is 11.4 Å². The second-order valence-electron chi connectivity index (χ2n) is 11.1. The fourth-order valence-corrected chi connectivity index (χ4v) is 6.77. The van der Waals surface area contributed by atoms with Gasteiger partial charge in [-0.3, -0.25) is 4.98 Å². The molecule has 7 nitrogen and oxygen atoms in total. The lowest BCUT2D eigenvalue weighted by atomic mass is 9.91. The van der Waals surface area contributed by atoms with Gasteiger partial charge in [0.25, 0.3) is 0 Å². The van der Waals surface area contributed by atoms with Gasteiger partial charge in [-0.25, -0.2) is 4.79 Å². The highest BCUT2D eigenvalue weighted by Crippen LogP contribution is 2.44. The van der Waals surface area contributed by atoms with Gasteiger partial charge in [0.2, 0.25) is 0 Å². The number of carbonyl (C=O) groups is 1. The van der Waals surface area contributed by atoms with E-state index in [9.17, 15) is 9.90 Å². The maximum Gasteiger partial charge on any atom is 0.335 e. The van der Waals surface area contributed by atoms with E-state index >= 15 is 0 Å². The number of nitrogens with zero attached hydrogens (tertiary/aromatic N) is 3. The van der Waals surface area contributed by atoms with Crippen molar-refractivity contribution in [2.45, 2.75) is 32.4 Å². The Hall–Kier alpha value is -3.88. The first kappa shape index (κ1) is 27.3. The molecule has 4 unspecified atom stereocenters. The second-order valence-corrected chi connectivity index (χ2v) is 11.9. The minimum absolute atomic E-state index is 0.223. The van der Waals surface area contributed by atoms with Gasteiger partial charge in [0.1, 0.15) is 17.6 Å². The molecule has 9 heteroatoms. The number of pyridine rings is 1. The summed E-state index contributed by atoms with van der Waals surface area (Å²) in [4.78, 5) is 20.3. The molecule has 0 aliphatic carbocycles. The third kappa shape index (κ3) is 5.42. The summed E-state index contributed by atoms with van der Waals surface area (Å²) < 4.78 is 6.42. The molecule has 2 saturated heterocycles. The van der Waals surface area contributed by atoms with Gasteiger partial charge in [0.05, 0.1) is 28.0 Å². The highest BCUT2D eigenvalue weighted by atomic mass is 35.5. The summed E-state index contributed by atoms with van der Waals surface area (Å²) in [5.74, 6) is 1.59. The Balaban J connectivity index is 1.37. The van der Waals surface area contributed by atoms with Gasteiger partial charge in [0.15, 0.2) is 5.11 Å². The summed E-state index contributed by atoms with van der Waals surface area (Å²) in [7, 11) is 0.